The first-order valence-electron chi connectivity index (χ1n) is 11.1. The van der Waals surface area contributed by atoms with Crippen LogP contribution in [-0.4, -0.2) is 74.8 Å². The van der Waals surface area contributed by atoms with E-state index >= 15 is 0 Å². The molecule has 2 saturated heterocycles. The van der Waals surface area contributed by atoms with Gasteiger partial charge in [-0.25, -0.2) is 9.69 Å². The molecule has 9 heteroatoms. The molecule has 1 spiro atoms. The lowest BCUT2D eigenvalue weighted by molar-refractivity contribution is -0.878. The van der Waals surface area contributed by atoms with Gasteiger partial charge in [-0.3, -0.25) is 9.59 Å². The molecular formula is C22H32N5O4+. The third kappa shape index (κ3) is 4.83. The van der Waals surface area contributed by atoms with Crippen molar-refractivity contribution >= 4 is 29.2 Å². The molecule has 1 aliphatic carbocycles. The Balaban J connectivity index is 1.27. The number of likely N-dealkylation sites (N-methyl/N-ethyl adjacent to an activating group) is 1. The second kappa shape index (κ2) is 9.23. The summed E-state index contributed by atoms with van der Waals surface area (Å²) in [6.45, 7) is 3.53. The van der Waals surface area contributed by atoms with Gasteiger partial charge in [-0.15, -0.1) is 0 Å². The zero-order valence-corrected chi connectivity index (χ0v) is 18.1. The number of carbonyl (C=O) groups is 3. The number of amides is 4. The molecule has 1 unspecified atom stereocenters. The standard InChI is InChI=1S/C22H31N5O4/c1-25(16-27-20(29)22(24-21(27)30)9-3-2-4-10-22)15-19(28)23-17-5-7-18(8-6-17)26-11-13-31-14-12-26/h5-8H,2-4,9-16H2,1H3,(H,23,28)(H,24,30)/p+1. The lowest BCUT2D eigenvalue weighted by Crippen LogP contribution is -3.11. The topological polar surface area (TPSA) is 95.4 Å². The number of rotatable bonds is 6. The lowest BCUT2D eigenvalue weighted by Gasteiger charge is -2.30. The summed E-state index contributed by atoms with van der Waals surface area (Å²) in [5.74, 6) is -0.299. The SMILES string of the molecule is C[NH+](CC(=O)Nc1ccc(N2CCOCC2)cc1)CN1C(=O)NC2(CCCCC2)C1=O. The molecule has 1 aromatic rings. The first kappa shape index (κ1) is 21.6. The molecule has 0 radical (unpaired) electrons. The van der Waals surface area contributed by atoms with Crippen LogP contribution in [0.3, 0.4) is 0 Å². The van der Waals surface area contributed by atoms with Crippen LogP contribution in [0, 0.1) is 0 Å². The molecule has 4 amide bonds. The molecule has 168 valence electrons. The zero-order chi connectivity index (χ0) is 21.8. The van der Waals surface area contributed by atoms with E-state index in [9.17, 15) is 14.4 Å². The predicted octanol–water partition coefficient (Wildman–Crippen LogP) is 0.189. The molecule has 3 fully saturated rings. The van der Waals surface area contributed by atoms with Gasteiger partial charge in [-0.05, 0) is 37.1 Å². The number of imide groups is 1. The van der Waals surface area contributed by atoms with Crippen molar-refractivity contribution in [2.45, 2.75) is 37.6 Å². The third-order valence-electron chi connectivity index (χ3n) is 6.37. The average molecular weight is 431 g/mol. The van der Waals surface area contributed by atoms with Gasteiger partial charge >= 0.3 is 6.03 Å². The molecule has 1 saturated carbocycles. The zero-order valence-electron chi connectivity index (χ0n) is 18.1. The van der Waals surface area contributed by atoms with Crippen LogP contribution in [-0.2, 0) is 14.3 Å². The van der Waals surface area contributed by atoms with E-state index in [4.69, 9.17) is 4.74 Å². The fourth-order valence-corrected chi connectivity index (χ4v) is 4.70. The summed E-state index contributed by atoms with van der Waals surface area (Å²) in [5, 5.41) is 5.81. The van der Waals surface area contributed by atoms with Crippen molar-refractivity contribution < 1.29 is 24.0 Å². The van der Waals surface area contributed by atoms with E-state index in [2.05, 4.69) is 15.5 Å². The smallest absolute Gasteiger partial charge is 0.329 e. The molecule has 2 heterocycles. The first-order chi connectivity index (χ1) is 15.0. The van der Waals surface area contributed by atoms with Crippen LogP contribution in [0.1, 0.15) is 32.1 Å². The van der Waals surface area contributed by atoms with E-state index < -0.39 is 5.54 Å². The van der Waals surface area contributed by atoms with E-state index in [1.807, 2.05) is 31.3 Å². The summed E-state index contributed by atoms with van der Waals surface area (Å²) in [4.78, 5) is 42.1. The van der Waals surface area contributed by atoms with E-state index in [-0.39, 0.29) is 31.1 Å². The van der Waals surface area contributed by atoms with Gasteiger partial charge in [0.1, 0.15) is 5.54 Å². The lowest BCUT2D eigenvalue weighted by atomic mass is 9.82. The maximum absolute atomic E-state index is 12.9. The Morgan fingerprint density at radius 1 is 1.13 bits per heavy atom. The van der Waals surface area contributed by atoms with Crippen LogP contribution in [0.25, 0.3) is 0 Å². The van der Waals surface area contributed by atoms with Crippen molar-refractivity contribution in [2.24, 2.45) is 0 Å². The molecule has 31 heavy (non-hydrogen) atoms. The Morgan fingerprint density at radius 2 is 1.81 bits per heavy atom. The number of quaternary nitrogens is 1. The molecule has 9 nitrogen and oxygen atoms in total. The molecule has 1 aromatic carbocycles. The average Bonchev–Trinajstić information content (AvgIpc) is 2.99. The summed E-state index contributed by atoms with van der Waals surface area (Å²) in [5.41, 5.74) is 1.12. The largest absolute Gasteiger partial charge is 0.378 e. The molecule has 3 N–H and O–H groups in total. The highest BCUT2D eigenvalue weighted by Gasteiger charge is 2.52. The maximum Gasteiger partial charge on any atom is 0.329 e. The quantitative estimate of drug-likeness (QED) is 0.560. The second-order valence-electron chi connectivity index (χ2n) is 8.79. The summed E-state index contributed by atoms with van der Waals surface area (Å²) < 4.78 is 5.38. The van der Waals surface area contributed by atoms with E-state index in [0.717, 1.165) is 61.8 Å². The Morgan fingerprint density at radius 3 is 2.48 bits per heavy atom. The van der Waals surface area contributed by atoms with Crippen LogP contribution < -0.4 is 20.4 Å². The number of urea groups is 1. The Kier molecular flexibility index (Phi) is 6.43. The number of nitrogens with zero attached hydrogens (tertiary/aromatic N) is 2. The highest BCUT2D eigenvalue weighted by atomic mass is 16.5. The number of benzene rings is 1. The second-order valence-corrected chi connectivity index (χ2v) is 8.79. The van der Waals surface area contributed by atoms with Gasteiger partial charge in [0.2, 0.25) is 0 Å². The molecule has 4 rings (SSSR count). The van der Waals surface area contributed by atoms with Gasteiger partial charge in [-0.1, -0.05) is 19.3 Å². The van der Waals surface area contributed by atoms with Crippen molar-refractivity contribution in [1.29, 1.82) is 0 Å². The number of anilines is 2. The molecule has 1 atom stereocenters. The van der Waals surface area contributed by atoms with Gasteiger partial charge in [-0.2, -0.15) is 0 Å². The van der Waals surface area contributed by atoms with Crippen LogP contribution in [0.15, 0.2) is 24.3 Å². The summed E-state index contributed by atoms with van der Waals surface area (Å²) in [7, 11) is 1.81. The van der Waals surface area contributed by atoms with Gasteiger partial charge < -0.3 is 25.2 Å². The van der Waals surface area contributed by atoms with Crippen molar-refractivity contribution in [1.82, 2.24) is 10.2 Å². The number of carbonyl (C=O) groups excluding carboxylic acids is 3. The van der Waals surface area contributed by atoms with Crippen molar-refractivity contribution in [3.05, 3.63) is 24.3 Å². The molecule has 0 bridgehead atoms. The van der Waals surface area contributed by atoms with Crippen LogP contribution in [0.2, 0.25) is 0 Å². The molecule has 0 aromatic heterocycles. The van der Waals surface area contributed by atoms with Crippen LogP contribution in [0.5, 0.6) is 0 Å². The normalized spacial score (nSPS) is 21.8. The number of ether oxygens (including phenoxy) is 1. The van der Waals surface area contributed by atoms with E-state index in [1.54, 1.807) is 0 Å². The van der Waals surface area contributed by atoms with Gasteiger partial charge in [0, 0.05) is 24.5 Å². The molecule has 3 aliphatic rings. The fourth-order valence-electron chi connectivity index (χ4n) is 4.70. The third-order valence-corrected chi connectivity index (χ3v) is 6.37. The number of morpholine rings is 1. The van der Waals surface area contributed by atoms with Crippen LogP contribution in [0.4, 0.5) is 16.2 Å². The van der Waals surface area contributed by atoms with Gasteiger partial charge in [0.25, 0.3) is 11.8 Å². The van der Waals surface area contributed by atoms with Gasteiger partial charge in [0.05, 0.1) is 20.3 Å². The minimum absolute atomic E-state index is 0.143. The number of nitrogens with one attached hydrogen (secondary N) is 3. The van der Waals surface area contributed by atoms with Crippen molar-refractivity contribution in [3.63, 3.8) is 0 Å². The minimum Gasteiger partial charge on any atom is -0.378 e. The maximum atomic E-state index is 12.9. The predicted molar refractivity (Wildman–Crippen MR) is 116 cm³/mol. The highest BCUT2D eigenvalue weighted by Crippen LogP contribution is 2.33. The Labute approximate surface area is 182 Å². The monoisotopic (exact) mass is 430 g/mol. The van der Waals surface area contributed by atoms with Gasteiger partial charge in [0.15, 0.2) is 13.2 Å². The van der Waals surface area contributed by atoms with Crippen molar-refractivity contribution in [2.75, 3.05) is 56.8 Å². The number of hydrogen-bond acceptors (Lipinski definition) is 5. The summed E-state index contributed by atoms with van der Waals surface area (Å²) in [6, 6.07) is 7.43. The fraction of sp³-hybridized carbons (Fsp3) is 0.591. The first-order valence-corrected chi connectivity index (χ1v) is 11.1. The summed E-state index contributed by atoms with van der Waals surface area (Å²) in [6.07, 6.45) is 4.41. The van der Waals surface area contributed by atoms with E-state index in [0.29, 0.717) is 12.8 Å². The number of hydrogen-bond donors (Lipinski definition) is 3. The van der Waals surface area contributed by atoms with E-state index in [1.165, 1.54) is 4.90 Å². The van der Waals surface area contributed by atoms with Crippen LogP contribution >= 0.6 is 0 Å². The highest BCUT2D eigenvalue weighted by molar-refractivity contribution is 6.07. The Hall–Kier alpha value is -2.65. The molecular weight excluding hydrogens is 398 g/mol. The minimum atomic E-state index is -0.722. The van der Waals surface area contributed by atoms with Crippen molar-refractivity contribution in [3.8, 4) is 0 Å². The summed E-state index contributed by atoms with van der Waals surface area (Å²) >= 11 is 0. The Bertz CT molecular complexity index is 816. The molecule has 2 aliphatic heterocycles.